The van der Waals surface area contributed by atoms with Crippen molar-refractivity contribution in [1.82, 2.24) is 20.3 Å². The van der Waals surface area contributed by atoms with Gasteiger partial charge >= 0.3 is 0 Å². The Hall–Kier alpha value is -2.80. The molecular weight excluding hydrogens is 334 g/mol. The molecule has 126 valence electrons. The van der Waals surface area contributed by atoms with Crippen LogP contribution in [0.5, 0.6) is 0 Å². The van der Waals surface area contributed by atoms with Crippen molar-refractivity contribution in [3.8, 4) is 11.4 Å². The standard InChI is InChI=1S/C18H17N5OS/c24-17(21-10-12-4-5-12)13-6-8-20-16(9-13)23-18-22-15(11-25-18)14-3-1-2-7-19-14/h1-3,6-9,11-12H,4-5,10H2,(H,21,24)(H,20,22,23). The van der Waals surface area contributed by atoms with Crippen molar-refractivity contribution in [3.05, 3.63) is 53.7 Å². The number of hydrogen-bond donors (Lipinski definition) is 2. The lowest BCUT2D eigenvalue weighted by molar-refractivity contribution is 0.0951. The van der Waals surface area contributed by atoms with Crippen LogP contribution in [0.2, 0.25) is 0 Å². The molecule has 3 aromatic rings. The second kappa shape index (κ2) is 6.98. The third kappa shape index (κ3) is 4.00. The monoisotopic (exact) mass is 351 g/mol. The van der Waals surface area contributed by atoms with E-state index in [2.05, 4.69) is 25.6 Å². The van der Waals surface area contributed by atoms with Crippen molar-refractivity contribution >= 4 is 28.2 Å². The van der Waals surface area contributed by atoms with Gasteiger partial charge in [-0.2, -0.15) is 0 Å². The van der Waals surface area contributed by atoms with Crippen LogP contribution in [0.25, 0.3) is 11.4 Å². The van der Waals surface area contributed by atoms with Gasteiger partial charge in [-0.3, -0.25) is 9.78 Å². The summed E-state index contributed by atoms with van der Waals surface area (Å²) in [6.07, 6.45) is 5.80. The topological polar surface area (TPSA) is 79.8 Å². The fraction of sp³-hybridized carbons (Fsp3) is 0.222. The summed E-state index contributed by atoms with van der Waals surface area (Å²) in [4.78, 5) is 25.3. The van der Waals surface area contributed by atoms with Gasteiger partial charge in [0, 0.05) is 29.9 Å². The van der Waals surface area contributed by atoms with Gasteiger partial charge in [-0.05, 0) is 43.0 Å². The number of anilines is 2. The SMILES string of the molecule is O=C(NCC1CC1)c1ccnc(Nc2nc(-c3ccccn3)cs2)c1. The zero-order chi connectivity index (χ0) is 17.1. The minimum atomic E-state index is -0.0642. The highest BCUT2D eigenvalue weighted by molar-refractivity contribution is 7.14. The minimum absolute atomic E-state index is 0.0642. The highest BCUT2D eigenvalue weighted by Gasteiger charge is 2.22. The van der Waals surface area contributed by atoms with E-state index in [-0.39, 0.29) is 5.91 Å². The van der Waals surface area contributed by atoms with Crippen molar-refractivity contribution in [3.63, 3.8) is 0 Å². The smallest absolute Gasteiger partial charge is 0.251 e. The molecule has 4 rings (SSSR count). The van der Waals surface area contributed by atoms with E-state index in [4.69, 9.17) is 0 Å². The van der Waals surface area contributed by atoms with E-state index in [0.29, 0.717) is 22.4 Å². The molecular formula is C18H17N5OS. The van der Waals surface area contributed by atoms with Gasteiger partial charge in [-0.25, -0.2) is 9.97 Å². The van der Waals surface area contributed by atoms with Gasteiger partial charge in [0.05, 0.1) is 5.69 Å². The zero-order valence-electron chi connectivity index (χ0n) is 13.5. The van der Waals surface area contributed by atoms with E-state index in [9.17, 15) is 4.79 Å². The summed E-state index contributed by atoms with van der Waals surface area (Å²) in [5.41, 5.74) is 2.24. The molecule has 0 aliphatic heterocycles. The molecule has 1 amide bonds. The van der Waals surface area contributed by atoms with Gasteiger partial charge in [-0.1, -0.05) is 6.07 Å². The number of hydrogen-bond acceptors (Lipinski definition) is 6. The first-order chi connectivity index (χ1) is 12.3. The van der Waals surface area contributed by atoms with Crippen LogP contribution in [0.3, 0.4) is 0 Å². The Labute approximate surface area is 149 Å². The molecule has 0 saturated heterocycles. The normalized spacial score (nSPS) is 13.4. The lowest BCUT2D eigenvalue weighted by atomic mass is 10.2. The van der Waals surface area contributed by atoms with Crippen LogP contribution in [0.15, 0.2) is 48.1 Å². The lowest BCUT2D eigenvalue weighted by Gasteiger charge is -2.06. The molecule has 3 aromatic heterocycles. The van der Waals surface area contributed by atoms with E-state index in [1.165, 1.54) is 24.2 Å². The van der Waals surface area contributed by atoms with Crippen molar-refractivity contribution < 1.29 is 4.79 Å². The molecule has 1 aliphatic rings. The lowest BCUT2D eigenvalue weighted by Crippen LogP contribution is -2.25. The first-order valence-electron chi connectivity index (χ1n) is 8.16. The Morgan fingerprint density at radius 1 is 1.16 bits per heavy atom. The Morgan fingerprint density at radius 3 is 2.88 bits per heavy atom. The summed E-state index contributed by atoms with van der Waals surface area (Å²) >= 11 is 1.47. The maximum Gasteiger partial charge on any atom is 0.251 e. The number of thiazole rings is 1. The number of carbonyl (C=O) groups excluding carboxylic acids is 1. The Bertz CT molecular complexity index is 876. The van der Waals surface area contributed by atoms with Crippen LogP contribution < -0.4 is 10.6 Å². The van der Waals surface area contributed by atoms with Gasteiger partial charge in [-0.15, -0.1) is 11.3 Å². The van der Waals surface area contributed by atoms with E-state index >= 15 is 0 Å². The molecule has 7 heteroatoms. The summed E-state index contributed by atoms with van der Waals surface area (Å²) in [5, 5.41) is 8.77. The number of amides is 1. The number of rotatable bonds is 6. The molecule has 0 atom stereocenters. The van der Waals surface area contributed by atoms with Crippen LogP contribution >= 0.6 is 11.3 Å². The predicted octanol–water partition coefficient (Wildman–Crippen LogP) is 3.48. The summed E-state index contributed by atoms with van der Waals surface area (Å²) in [5.74, 6) is 1.19. The van der Waals surface area contributed by atoms with Crippen LogP contribution in [0, 0.1) is 5.92 Å². The molecule has 0 unspecified atom stereocenters. The molecule has 25 heavy (non-hydrogen) atoms. The summed E-state index contributed by atoms with van der Waals surface area (Å²) in [7, 11) is 0. The van der Waals surface area contributed by atoms with Crippen LogP contribution in [-0.4, -0.2) is 27.4 Å². The van der Waals surface area contributed by atoms with Gasteiger partial charge in [0.2, 0.25) is 0 Å². The number of carbonyl (C=O) groups is 1. The average molecular weight is 351 g/mol. The van der Waals surface area contributed by atoms with Gasteiger partial charge in [0.1, 0.15) is 11.5 Å². The molecule has 1 aliphatic carbocycles. The second-order valence-electron chi connectivity index (χ2n) is 5.96. The quantitative estimate of drug-likeness (QED) is 0.711. The number of aromatic nitrogens is 3. The molecule has 1 fully saturated rings. The Kier molecular flexibility index (Phi) is 4.39. The maximum absolute atomic E-state index is 12.2. The molecule has 6 nitrogen and oxygen atoms in total. The molecule has 0 bridgehead atoms. The van der Waals surface area contributed by atoms with Crippen LogP contribution in [0.4, 0.5) is 10.9 Å². The number of nitrogens with zero attached hydrogens (tertiary/aromatic N) is 3. The highest BCUT2D eigenvalue weighted by atomic mass is 32.1. The first-order valence-corrected chi connectivity index (χ1v) is 9.04. The fourth-order valence-corrected chi connectivity index (χ4v) is 3.09. The van der Waals surface area contributed by atoms with Gasteiger partial charge in [0.25, 0.3) is 5.91 Å². The second-order valence-corrected chi connectivity index (χ2v) is 6.82. The third-order valence-corrected chi connectivity index (χ3v) is 4.69. The molecule has 1 saturated carbocycles. The van der Waals surface area contributed by atoms with Crippen molar-refractivity contribution in [1.29, 1.82) is 0 Å². The van der Waals surface area contributed by atoms with Crippen LogP contribution in [-0.2, 0) is 0 Å². The molecule has 3 heterocycles. The van der Waals surface area contributed by atoms with E-state index in [0.717, 1.165) is 17.9 Å². The summed E-state index contributed by atoms with van der Waals surface area (Å²) in [6.45, 7) is 0.754. The Morgan fingerprint density at radius 2 is 2.08 bits per heavy atom. The molecule has 0 radical (unpaired) electrons. The zero-order valence-corrected chi connectivity index (χ0v) is 14.3. The van der Waals surface area contributed by atoms with Gasteiger partial charge in [0.15, 0.2) is 5.13 Å². The van der Waals surface area contributed by atoms with Crippen molar-refractivity contribution in [2.24, 2.45) is 5.92 Å². The van der Waals surface area contributed by atoms with Crippen LogP contribution in [0.1, 0.15) is 23.2 Å². The molecule has 0 spiro atoms. The average Bonchev–Trinajstić information content (AvgIpc) is 3.38. The summed E-state index contributed by atoms with van der Waals surface area (Å²) in [6, 6.07) is 9.18. The molecule has 2 N–H and O–H groups in total. The predicted molar refractivity (Wildman–Crippen MR) is 97.9 cm³/mol. The Balaban J connectivity index is 1.45. The molecule has 0 aromatic carbocycles. The number of pyridine rings is 2. The van der Waals surface area contributed by atoms with E-state index < -0.39 is 0 Å². The highest BCUT2D eigenvalue weighted by Crippen LogP contribution is 2.28. The number of nitrogens with one attached hydrogen (secondary N) is 2. The maximum atomic E-state index is 12.2. The fourth-order valence-electron chi connectivity index (χ4n) is 2.37. The minimum Gasteiger partial charge on any atom is -0.352 e. The van der Waals surface area contributed by atoms with Crippen molar-refractivity contribution in [2.45, 2.75) is 12.8 Å². The third-order valence-electron chi connectivity index (χ3n) is 3.94. The summed E-state index contributed by atoms with van der Waals surface area (Å²) < 4.78 is 0. The first kappa shape index (κ1) is 15.7. The van der Waals surface area contributed by atoms with E-state index in [1.807, 2.05) is 23.6 Å². The largest absolute Gasteiger partial charge is 0.352 e. The van der Waals surface area contributed by atoms with E-state index in [1.54, 1.807) is 24.5 Å². The van der Waals surface area contributed by atoms with Gasteiger partial charge < -0.3 is 10.6 Å². The van der Waals surface area contributed by atoms with Crippen molar-refractivity contribution in [2.75, 3.05) is 11.9 Å².